The molecule has 0 spiro atoms. The lowest BCUT2D eigenvalue weighted by molar-refractivity contribution is -0.151. The predicted molar refractivity (Wildman–Crippen MR) is 152 cm³/mol. The Morgan fingerprint density at radius 2 is 1.93 bits per heavy atom. The maximum absolute atomic E-state index is 12.6. The summed E-state index contributed by atoms with van der Waals surface area (Å²) in [6.45, 7) is 12.8. The fraction of sp³-hybridized carbons (Fsp3) is 0.733. The van der Waals surface area contributed by atoms with Gasteiger partial charge in [0, 0.05) is 18.9 Å². The lowest BCUT2D eigenvalue weighted by Gasteiger charge is -2.32. The van der Waals surface area contributed by atoms with Crippen LogP contribution in [0.5, 0.6) is 0 Å². The molecule has 0 fully saturated rings. The number of amides is 1. The maximum Gasteiger partial charge on any atom is 0.405 e. The van der Waals surface area contributed by atoms with E-state index in [2.05, 4.69) is 0 Å². The van der Waals surface area contributed by atoms with Crippen LogP contribution in [-0.2, 0) is 23.7 Å². The van der Waals surface area contributed by atoms with Crippen molar-refractivity contribution < 1.29 is 43.9 Å². The molecule has 10 heteroatoms. The molecule has 0 radical (unpaired) electrons. The number of hydrogen-bond donors (Lipinski definition) is 4. The van der Waals surface area contributed by atoms with Crippen LogP contribution in [0.15, 0.2) is 36.0 Å². The SMILES string of the molecule is CCC(OC)C(C)OC(C)C(O)C(C)/C=C/C=C(\C)C1OC(=O)CC(O)CCC(C)(O)C(OC(N)=O)/C=C/C1C. The first-order valence-electron chi connectivity index (χ1n) is 14.1. The van der Waals surface area contributed by atoms with Crippen LogP contribution in [0.3, 0.4) is 0 Å². The largest absolute Gasteiger partial charge is 0.457 e. The van der Waals surface area contributed by atoms with Crippen molar-refractivity contribution in [2.75, 3.05) is 7.11 Å². The molecule has 40 heavy (non-hydrogen) atoms. The lowest BCUT2D eigenvalue weighted by atomic mass is 9.88. The van der Waals surface area contributed by atoms with Crippen molar-refractivity contribution in [3.8, 4) is 0 Å². The number of allylic oxidation sites excluding steroid dienone is 2. The third-order valence-electron chi connectivity index (χ3n) is 7.47. The number of primary amides is 1. The fourth-order valence-electron chi connectivity index (χ4n) is 4.79. The summed E-state index contributed by atoms with van der Waals surface area (Å²) in [6, 6.07) is 0. The number of methoxy groups -OCH3 is 1. The second-order valence-corrected chi connectivity index (χ2v) is 11.1. The Labute approximate surface area is 239 Å². The van der Waals surface area contributed by atoms with E-state index >= 15 is 0 Å². The van der Waals surface area contributed by atoms with E-state index in [-0.39, 0.29) is 43.3 Å². The van der Waals surface area contributed by atoms with E-state index in [1.54, 1.807) is 25.3 Å². The van der Waals surface area contributed by atoms with Gasteiger partial charge in [-0.3, -0.25) is 4.79 Å². The first-order chi connectivity index (χ1) is 18.6. The van der Waals surface area contributed by atoms with E-state index in [1.165, 1.54) is 13.0 Å². The molecule has 230 valence electrons. The van der Waals surface area contributed by atoms with Gasteiger partial charge < -0.3 is 40.0 Å². The van der Waals surface area contributed by atoms with E-state index in [0.29, 0.717) is 0 Å². The molecule has 0 aromatic rings. The third-order valence-corrected chi connectivity index (χ3v) is 7.47. The molecule has 0 aromatic heterocycles. The van der Waals surface area contributed by atoms with Crippen LogP contribution >= 0.6 is 0 Å². The number of carbonyl (C=O) groups is 2. The molecule has 0 aliphatic carbocycles. The molecule has 0 aromatic carbocycles. The Morgan fingerprint density at radius 1 is 1.27 bits per heavy atom. The first-order valence-corrected chi connectivity index (χ1v) is 14.1. The van der Waals surface area contributed by atoms with Crippen molar-refractivity contribution in [2.45, 2.75) is 122 Å². The second-order valence-electron chi connectivity index (χ2n) is 11.1. The van der Waals surface area contributed by atoms with Crippen molar-refractivity contribution in [3.05, 3.63) is 36.0 Å². The van der Waals surface area contributed by atoms with Gasteiger partial charge in [-0.25, -0.2) is 4.79 Å². The molecule has 1 aliphatic heterocycles. The molecule has 10 atom stereocenters. The smallest absolute Gasteiger partial charge is 0.405 e. The first kappa shape index (κ1) is 35.8. The minimum atomic E-state index is -1.50. The zero-order chi connectivity index (χ0) is 30.6. The molecule has 1 rings (SSSR count). The predicted octanol–water partition coefficient (Wildman–Crippen LogP) is 3.57. The average Bonchev–Trinajstić information content (AvgIpc) is 2.87. The topological polar surface area (TPSA) is 158 Å². The lowest BCUT2D eigenvalue weighted by Crippen LogP contribution is -2.43. The monoisotopic (exact) mass is 569 g/mol. The molecule has 1 aliphatic rings. The summed E-state index contributed by atoms with van der Waals surface area (Å²) in [5.74, 6) is -1.16. The van der Waals surface area contributed by atoms with E-state index < -0.39 is 48.2 Å². The van der Waals surface area contributed by atoms with E-state index in [4.69, 9.17) is 24.7 Å². The van der Waals surface area contributed by atoms with Gasteiger partial charge in [0.05, 0.1) is 36.9 Å². The van der Waals surface area contributed by atoms with Gasteiger partial charge in [0.1, 0.15) is 11.7 Å². The van der Waals surface area contributed by atoms with Gasteiger partial charge in [-0.15, -0.1) is 0 Å². The van der Waals surface area contributed by atoms with Crippen molar-refractivity contribution >= 4 is 12.1 Å². The zero-order valence-electron chi connectivity index (χ0n) is 25.3. The van der Waals surface area contributed by atoms with Gasteiger partial charge in [0.15, 0.2) is 6.10 Å². The highest BCUT2D eigenvalue weighted by Crippen LogP contribution is 2.27. The van der Waals surface area contributed by atoms with E-state index in [1.807, 2.05) is 47.6 Å². The standard InChI is InChI=1S/C30H51NO9/c1-9-24(37-8)21(5)38-22(6)27(34)18(2)11-10-12-19(3)28-20(4)13-14-25(39-29(31)35)30(7,36)16-15-23(32)17-26(33)40-28/h10-14,18,20-25,27-28,32,34,36H,9,15-17H2,1-8H3,(H2,31,35)/b11-10+,14-13+,19-12+. The van der Waals surface area contributed by atoms with Crippen LogP contribution in [0.1, 0.15) is 74.1 Å². The molecule has 5 N–H and O–H groups in total. The van der Waals surface area contributed by atoms with Crippen molar-refractivity contribution in [1.29, 1.82) is 0 Å². The van der Waals surface area contributed by atoms with Crippen molar-refractivity contribution in [1.82, 2.24) is 0 Å². The molecule has 10 unspecified atom stereocenters. The van der Waals surface area contributed by atoms with Gasteiger partial charge in [-0.1, -0.05) is 45.1 Å². The number of carbonyl (C=O) groups excluding carboxylic acids is 2. The molecular formula is C30H51NO9. The Balaban J connectivity index is 3.09. The fourth-order valence-corrected chi connectivity index (χ4v) is 4.79. The Morgan fingerprint density at radius 3 is 2.50 bits per heavy atom. The minimum Gasteiger partial charge on any atom is -0.457 e. The summed E-state index contributed by atoms with van der Waals surface area (Å²) in [5.41, 5.74) is 4.43. The van der Waals surface area contributed by atoms with Gasteiger partial charge >= 0.3 is 12.1 Å². The number of aliphatic hydroxyl groups excluding tert-OH is 2. The summed E-state index contributed by atoms with van der Waals surface area (Å²) in [4.78, 5) is 24.1. The molecule has 0 bridgehead atoms. The molecule has 10 nitrogen and oxygen atoms in total. The highest BCUT2D eigenvalue weighted by molar-refractivity contribution is 5.70. The summed E-state index contributed by atoms with van der Waals surface area (Å²) in [6.07, 6.45) is 4.20. The number of hydrogen-bond acceptors (Lipinski definition) is 9. The van der Waals surface area contributed by atoms with E-state index in [0.717, 1.165) is 12.0 Å². The summed E-state index contributed by atoms with van der Waals surface area (Å²) in [5, 5.41) is 32.0. The Hall–Kier alpha value is -2.24. The number of ether oxygens (including phenoxy) is 4. The summed E-state index contributed by atoms with van der Waals surface area (Å²) < 4.78 is 22.3. The second kappa shape index (κ2) is 16.9. The number of esters is 1. The minimum absolute atomic E-state index is 0.0550. The van der Waals surface area contributed by atoms with Gasteiger partial charge in [-0.2, -0.15) is 0 Å². The molecule has 0 saturated carbocycles. The molecule has 0 saturated heterocycles. The Bertz CT molecular complexity index is 880. The third kappa shape index (κ3) is 11.7. The van der Waals surface area contributed by atoms with Crippen LogP contribution in [0, 0.1) is 11.8 Å². The van der Waals surface area contributed by atoms with Crippen molar-refractivity contribution in [2.24, 2.45) is 17.6 Å². The number of rotatable bonds is 11. The number of cyclic esters (lactones) is 1. The quantitative estimate of drug-likeness (QED) is 0.166. The van der Waals surface area contributed by atoms with Crippen molar-refractivity contribution in [3.63, 3.8) is 0 Å². The zero-order valence-corrected chi connectivity index (χ0v) is 25.3. The van der Waals surface area contributed by atoms with Gasteiger partial charge in [0.2, 0.25) is 0 Å². The van der Waals surface area contributed by atoms with Crippen LogP contribution in [0.2, 0.25) is 0 Å². The maximum atomic E-state index is 12.6. The number of nitrogens with two attached hydrogens (primary N) is 1. The van der Waals surface area contributed by atoms with Crippen LogP contribution in [0.25, 0.3) is 0 Å². The highest BCUT2D eigenvalue weighted by Gasteiger charge is 2.35. The van der Waals surface area contributed by atoms with Gasteiger partial charge in [0.25, 0.3) is 0 Å². The van der Waals surface area contributed by atoms with Crippen LogP contribution < -0.4 is 5.73 Å². The van der Waals surface area contributed by atoms with E-state index in [9.17, 15) is 24.9 Å². The highest BCUT2D eigenvalue weighted by atomic mass is 16.6. The van der Waals surface area contributed by atoms with Crippen LogP contribution in [0.4, 0.5) is 4.79 Å². The normalized spacial score (nSPS) is 31.7. The average molecular weight is 570 g/mol. The van der Waals surface area contributed by atoms with Gasteiger partial charge in [-0.05, 0) is 58.6 Å². The molecule has 1 amide bonds. The number of aliphatic hydroxyl groups is 3. The summed E-state index contributed by atoms with van der Waals surface area (Å²) >= 11 is 0. The molecule has 1 heterocycles. The van der Waals surface area contributed by atoms with Crippen LogP contribution in [-0.4, -0.2) is 82.8 Å². The Kier molecular flexibility index (Phi) is 15.1. The molecular weight excluding hydrogens is 518 g/mol. The summed E-state index contributed by atoms with van der Waals surface area (Å²) in [7, 11) is 1.64.